The monoisotopic (exact) mass is 285 g/mol. The van der Waals surface area contributed by atoms with Crippen LogP contribution in [0.25, 0.3) is 0 Å². The van der Waals surface area contributed by atoms with E-state index in [1.165, 1.54) is 10.6 Å². The molecule has 0 aliphatic heterocycles. The van der Waals surface area contributed by atoms with Crippen molar-refractivity contribution in [1.82, 2.24) is 14.5 Å². The van der Waals surface area contributed by atoms with Crippen molar-refractivity contribution in [2.75, 3.05) is 7.05 Å². The zero-order chi connectivity index (χ0) is 15.2. The minimum atomic E-state index is -0.176. The maximum absolute atomic E-state index is 12.4. The third kappa shape index (κ3) is 3.56. The number of pyridine rings is 2. The minimum Gasteiger partial charge on any atom is -0.336 e. The van der Waals surface area contributed by atoms with Gasteiger partial charge in [0, 0.05) is 25.5 Å². The Morgan fingerprint density at radius 1 is 1.29 bits per heavy atom. The van der Waals surface area contributed by atoms with Gasteiger partial charge >= 0.3 is 0 Å². The molecule has 2 aromatic rings. The number of rotatable bonds is 5. The number of carbonyl (C=O) groups excluding carboxylic acids is 1. The molecule has 0 unspecified atom stereocenters. The maximum Gasteiger partial charge on any atom is 0.250 e. The van der Waals surface area contributed by atoms with Crippen LogP contribution in [0.1, 0.15) is 25.1 Å². The number of amides is 1. The molecule has 0 aliphatic carbocycles. The first kappa shape index (κ1) is 15.0. The third-order valence-electron chi connectivity index (χ3n) is 3.48. The molecule has 0 spiro atoms. The number of hydrogen-bond acceptors (Lipinski definition) is 3. The van der Waals surface area contributed by atoms with Gasteiger partial charge in [0.15, 0.2) is 0 Å². The van der Waals surface area contributed by atoms with E-state index in [9.17, 15) is 9.59 Å². The smallest absolute Gasteiger partial charge is 0.250 e. The normalized spacial score (nSPS) is 11.9. The van der Waals surface area contributed by atoms with Crippen LogP contribution in [0.4, 0.5) is 0 Å². The van der Waals surface area contributed by atoms with E-state index >= 15 is 0 Å². The molecule has 0 aliphatic rings. The van der Waals surface area contributed by atoms with E-state index in [0.29, 0.717) is 0 Å². The molecule has 2 heterocycles. The first-order valence-electron chi connectivity index (χ1n) is 6.95. The Labute approximate surface area is 123 Å². The molecule has 0 saturated carbocycles. The summed E-state index contributed by atoms with van der Waals surface area (Å²) in [5.74, 6) is -0.110. The molecular weight excluding hydrogens is 266 g/mol. The van der Waals surface area contributed by atoms with E-state index in [2.05, 4.69) is 4.98 Å². The van der Waals surface area contributed by atoms with E-state index < -0.39 is 0 Å². The number of hydrogen-bond donors (Lipinski definition) is 0. The number of nitrogens with zero attached hydrogens (tertiary/aromatic N) is 3. The maximum atomic E-state index is 12.4. The minimum absolute atomic E-state index is 0.0412. The second-order valence-corrected chi connectivity index (χ2v) is 4.85. The Hall–Kier alpha value is -2.43. The van der Waals surface area contributed by atoms with Gasteiger partial charge in [-0.25, -0.2) is 0 Å². The van der Waals surface area contributed by atoms with E-state index in [0.717, 1.165) is 12.1 Å². The second kappa shape index (κ2) is 6.83. The topological polar surface area (TPSA) is 55.2 Å². The fourth-order valence-corrected chi connectivity index (χ4v) is 2.28. The molecule has 0 radical (unpaired) electrons. The quantitative estimate of drug-likeness (QED) is 0.842. The standard InChI is InChI=1S/C16H19N3O2/c1-3-14(13-8-4-6-10-17-13)18(2)16(21)12-19-11-7-5-9-15(19)20/h4-11,14H,3,12H2,1-2H3/t14-/m1/s1. The molecule has 21 heavy (non-hydrogen) atoms. The van der Waals surface area contributed by atoms with Gasteiger partial charge in [-0.05, 0) is 24.6 Å². The van der Waals surface area contributed by atoms with Crippen molar-refractivity contribution >= 4 is 5.91 Å². The first-order chi connectivity index (χ1) is 10.1. The fourth-order valence-electron chi connectivity index (χ4n) is 2.28. The van der Waals surface area contributed by atoms with Gasteiger partial charge < -0.3 is 9.47 Å². The van der Waals surface area contributed by atoms with Gasteiger partial charge in [-0.1, -0.05) is 19.1 Å². The molecule has 0 saturated heterocycles. The Balaban J connectivity index is 2.15. The lowest BCUT2D eigenvalue weighted by Crippen LogP contribution is -2.36. The summed E-state index contributed by atoms with van der Waals surface area (Å²) < 4.78 is 1.41. The van der Waals surface area contributed by atoms with Crippen molar-refractivity contribution < 1.29 is 4.79 Å². The molecule has 0 N–H and O–H groups in total. The summed E-state index contributed by atoms with van der Waals surface area (Å²) >= 11 is 0. The van der Waals surface area contributed by atoms with Crippen LogP contribution in [0, 0.1) is 0 Å². The summed E-state index contributed by atoms with van der Waals surface area (Å²) in [4.78, 5) is 30.0. The summed E-state index contributed by atoms with van der Waals surface area (Å²) in [6.07, 6.45) is 4.11. The lowest BCUT2D eigenvalue weighted by molar-refractivity contribution is -0.133. The zero-order valence-corrected chi connectivity index (χ0v) is 12.3. The molecule has 1 amide bonds. The Bertz CT molecular complexity index is 652. The van der Waals surface area contributed by atoms with Crippen molar-refractivity contribution in [3.63, 3.8) is 0 Å². The van der Waals surface area contributed by atoms with E-state index in [4.69, 9.17) is 0 Å². The second-order valence-electron chi connectivity index (χ2n) is 4.85. The highest BCUT2D eigenvalue weighted by Gasteiger charge is 2.21. The molecule has 5 heteroatoms. The van der Waals surface area contributed by atoms with Crippen molar-refractivity contribution in [2.45, 2.75) is 25.9 Å². The molecule has 110 valence electrons. The lowest BCUT2D eigenvalue weighted by Gasteiger charge is -2.27. The largest absolute Gasteiger partial charge is 0.336 e. The molecule has 1 atom stereocenters. The number of carbonyl (C=O) groups is 1. The Kier molecular flexibility index (Phi) is 4.87. The molecule has 2 rings (SSSR count). The predicted molar refractivity (Wildman–Crippen MR) is 80.7 cm³/mol. The summed E-state index contributed by atoms with van der Waals surface area (Å²) in [5.41, 5.74) is 0.682. The highest BCUT2D eigenvalue weighted by molar-refractivity contribution is 5.76. The van der Waals surface area contributed by atoms with Crippen molar-refractivity contribution in [3.8, 4) is 0 Å². The Morgan fingerprint density at radius 2 is 2.05 bits per heavy atom. The van der Waals surface area contributed by atoms with Crippen LogP contribution >= 0.6 is 0 Å². The van der Waals surface area contributed by atoms with Crippen LogP contribution in [-0.2, 0) is 11.3 Å². The summed E-state index contributed by atoms with van der Waals surface area (Å²) in [6.45, 7) is 2.05. The van der Waals surface area contributed by atoms with Crippen LogP contribution in [0.15, 0.2) is 53.6 Å². The van der Waals surface area contributed by atoms with Crippen molar-refractivity contribution in [1.29, 1.82) is 0 Å². The van der Waals surface area contributed by atoms with Crippen LogP contribution in [-0.4, -0.2) is 27.4 Å². The van der Waals surface area contributed by atoms with Gasteiger partial charge in [-0.15, -0.1) is 0 Å². The van der Waals surface area contributed by atoms with E-state index in [1.807, 2.05) is 25.1 Å². The average Bonchev–Trinajstić information content (AvgIpc) is 2.51. The summed E-state index contributed by atoms with van der Waals surface area (Å²) in [6, 6.07) is 10.4. The van der Waals surface area contributed by atoms with Gasteiger partial charge in [-0.2, -0.15) is 0 Å². The van der Waals surface area contributed by atoms with Crippen LogP contribution in [0.3, 0.4) is 0 Å². The van der Waals surface area contributed by atoms with Crippen LogP contribution < -0.4 is 5.56 Å². The molecule has 0 fully saturated rings. The highest BCUT2D eigenvalue weighted by atomic mass is 16.2. The molecule has 5 nitrogen and oxygen atoms in total. The SMILES string of the molecule is CC[C@H](c1ccccn1)N(C)C(=O)Cn1ccccc1=O. The number of likely N-dealkylation sites (N-methyl/N-ethyl adjacent to an activating group) is 1. The summed E-state index contributed by atoms with van der Waals surface area (Å²) in [7, 11) is 1.75. The predicted octanol–water partition coefficient (Wildman–Crippen LogP) is 1.85. The van der Waals surface area contributed by atoms with Crippen LogP contribution in [0.2, 0.25) is 0 Å². The van der Waals surface area contributed by atoms with E-state index in [-0.39, 0.29) is 24.1 Å². The summed E-state index contributed by atoms with van der Waals surface area (Å²) in [5, 5.41) is 0. The molecular formula is C16H19N3O2. The highest BCUT2D eigenvalue weighted by Crippen LogP contribution is 2.20. The van der Waals surface area contributed by atoms with Gasteiger partial charge in [0.25, 0.3) is 5.56 Å². The van der Waals surface area contributed by atoms with Gasteiger partial charge in [0.05, 0.1) is 11.7 Å². The lowest BCUT2D eigenvalue weighted by atomic mass is 10.1. The van der Waals surface area contributed by atoms with Gasteiger partial charge in [-0.3, -0.25) is 14.6 Å². The van der Waals surface area contributed by atoms with Gasteiger partial charge in [0.2, 0.25) is 5.91 Å². The molecule has 0 aromatic carbocycles. The molecule has 2 aromatic heterocycles. The van der Waals surface area contributed by atoms with Crippen molar-refractivity contribution in [3.05, 3.63) is 64.8 Å². The fraction of sp³-hybridized carbons (Fsp3) is 0.312. The van der Waals surface area contributed by atoms with Gasteiger partial charge in [0.1, 0.15) is 6.54 Å². The third-order valence-corrected chi connectivity index (χ3v) is 3.48. The average molecular weight is 285 g/mol. The number of aromatic nitrogens is 2. The van der Waals surface area contributed by atoms with Crippen LogP contribution in [0.5, 0.6) is 0 Å². The Morgan fingerprint density at radius 3 is 2.67 bits per heavy atom. The first-order valence-corrected chi connectivity index (χ1v) is 6.95. The van der Waals surface area contributed by atoms with E-state index in [1.54, 1.807) is 36.5 Å². The zero-order valence-electron chi connectivity index (χ0n) is 12.3. The van der Waals surface area contributed by atoms with Crippen molar-refractivity contribution in [2.24, 2.45) is 0 Å². The molecule has 0 bridgehead atoms.